The minimum atomic E-state index is -0.502. The van der Waals surface area contributed by atoms with Gasteiger partial charge in [-0.1, -0.05) is 48.5 Å². The number of ketones is 1. The Hall–Kier alpha value is -3.25. The van der Waals surface area contributed by atoms with E-state index in [1.54, 1.807) is 18.2 Å². The summed E-state index contributed by atoms with van der Waals surface area (Å²) < 4.78 is 5.31. The van der Waals surface area contributed by atoms with E-state index in [0.717, 1.165) is 16.0 Å². The molecule has 2 aromatic carbocycles. The number of Topliss-reactive ketones (excluding diaryl/α,β-unsaturated/α-hetero) is 1. The average molecular weight is 422 g/mol. The summed E-state index contributed by atoms with van der Waals surface area (Å²) in [7, 11) is 0. The largest absolute Gasteiger partial charge is 0.454 e. The molecule has 0 aliphatic heterocycles. The molecule has 0 fully saturated rings. The maximum absolute atomic E-state index is 12.6. The number of carbonyl (C=O) groups is 3. The monoisotopic (exact) mass is 421 g/mol. The van der Waals surface area contributed by atoms with E-state index in [9.17, 15) is 14.4 Å². The summed E-state index contributed by atoms with van der Waals surface area (Å²) in [6, 6.07) is 20.7. The standard InChI is InChI=1S/C24H23NO4S/c1-17(26)25-14-13-20-11-12-23(30-20)22(27)16-29-24(28)21-10-6-5-9-19(21)15-18-7-3-2-4-8-18/h2-12H,13-16H2,1H3,(H,25,26). The fraction of sp³-hybridized carbons (Fsp3) is 0.208. The van der Waals surface area contributed by atoms with Gasteiger partial charge in [0, 0.05) is 18.3 Å². The molecule has 0 saturated carbocycles. The zero-order valence-corrected chi connectivity index (χ0v) is 17.5. The van der Waals surface area contributed by atoms with Crippen molar-refractivity contribution in [2.45, 2.75) is 19.8 Å². The van der Waals surface area contributed by atoms with Crippen LogP contribution in [0.2, 0.25) is 0 Å². The molecule has 1 N–H and O–H groups in total. The van der Waals surface area contributed by atoms with Crippen molar-refractivity contribution in [1.29, 1.82) is 0 Å². The lowest BCUT2D eigenvalue weighted by molar-refractivity contribution is -0.118. The van der Waals surface area contributed by atoms with Gasteiger partial charge in [0.05, 0.1) is 10.4 Å². The van der Waals surface area contributed by atoms with E-state index in [2.05, 4.69) is 5.32 Å². The van der Waals surface area contributed by atoms with Crippen LogP contribution in [-0.4, -0.2) is 30.8 Å². The Morgan fingerprint density at radius 2 is 1.67 bits per heavy atom. The van der Waals surface area contributed by atoms with Crippen molar-refractivity contribution in [3.63, 3.8) is 0 Å². The van der Waals surface area contributed by atoms with Crippen molar-refractivity contribution in [3.8, 4) is 0 Å². The normalized spacial score (nSPS) is 10.4. The van der Waals surface area contributed by atoms with E-state index >= 15 is 0 Å². The Morgan fingerprint density at radius 3 is 2.43 bits per heavy atom. The topological polar surface area (TPSA) is 72.5 Å². The Bertz CT molecular complexity index is 1030. The summed E-state index contributed by atoms with van der Waals surface area (Å²) in [5.41, 5.74) is 2.42. The molecule has 1 amide bonds. The predicted molar refractivity (Wildman–Crippen MR) is 117 cm³/mol. The molecule has 154 valence electrons. The van der Waals surface area contributed by atoms with E-state index in [4.69, 9.17) is 4.74 Å². The number of esters is 1. The van der Waals surface area contributed by atoms with Gasteiger partial charge in [0.25, 0.3) is 0 Å². The van der Waals surface area contributed by atoms with Gasteiger partial charge >= 0.3 is 5.97 Å². The van der Waals surface area contributed by atoms with Crippen molar-refractivity contribution in [2.75, 3.05) is 13.2 Å². The molecule has 6 heteroatoms. The molecule has 30 heavy (non-hydrogen) atoms. The lowest BCUT2D eigenvalue weighted by Crippen LogP contribution is -2.22. The third-order valence-electron chi connectivity index (χ3n) is 4.49. The Labute approximate surface area is 179 Å². The minimum Gasteiger partial charge on any atom is -0.454 e. The molecule has 0 radical (unpaired) electrons. The van der Waals surface area contributed by atoms with Crippen LogP contribution in [0, 0.1) is 0 Å². The van der Waals surface area contributed by atoms with Crippen molar-refractivity contribution >= 4 is 29.0 Å². The van der Waals surface area contributed by atoms with Crippen molar-refractivity contribution in [1.82, 2.24) is 5.32 Å². The fourth-order valence-corrected chi connectivity index (χ4v) is 3.92. The van der Waals surface area contributed by atoms with E-state index in [1.807, 2.05) is 48.5 Å². The first-order chi connectivity index (χ1) is 14.5. The molecule has 5 nitrogen and oxygen atoms in total. The van der Waals surface area contributed by atoms with Crippen LogP contribution < -0.4 is 5.32 Å². The van der Waals surface area contributed by atoms with Crippen LogP contribution in [0.4, 0.5) is 0 Å². The Morgan fingerprint density at radius 1 is 0.933 bits per heavy atom. The van der Waals surface area contributed by atoms with Crippen LogP contribution >= 0.6 is 11.3 Å². The van der Waals surface area contributed by atoms with Gasteiger partial charge in [0.2, 0.25) is 11.7 Å². The first-order valence-electron chi connectivity index (χ1n) is 9.68. The molecule has 3 aromatic rings. The molecule has 0 saturated heterocycles. The Kier molecular flexibility index (Phi) is 7.51. The summed E-state index contributed by atoms with van der Waals surface area (Å²) in [6.45, 7) is 1.69. The zero-order valence-electron chi connectivity index (χ0n) is 16.7. The zero-order chi connectivity index (χ0) is 21.3. The molecule has 0 spiro atoms. The van der Waals surface area contributed by atoms with E-state index in [0.29, 0.717) is 29.8 Å². The number of carbonyl (C=O) groups excluding carboxylic acids is 3. The van der Waals surface area contributed by atoms with Crippen LogP contribution in [-0.2, 0) is 22.4 Å². The van der Waals surface area contributed by atoms with Gasteiger partial charge < -0.3 is 10.1 Å². The second-order valence-corrected chi connectivity index (χ2v) is 7.99. The summed E-state index contributed by atoms with van der Waals surface area (Å²) in [5.74, 6) is -0.820. The van der Waals surface area contributed by atoms with Gasteiger partial charge in [-0.2, -0.15) is 0 Å². The van der Waals surface area contributed by atoms with Gasteiger partial charge in [-0.3, -0.25) is 9.59 Å². The van der Waals surface area contributed by atoms with Crippen LogP contribution in [0.3, 0.4) is 0 Å². The molecule has 3 rings (SSSR count). The number of rotatable bonds is 9. The smallest absolute Gasteiger partial charge is 0.338 e. The molecule has 0 bridgehead atoms. The first kappa shape index (κ1) is 21.5. The van der Waals surface area contributed by atoms with Crippen molar-refractivity contribution < 1.29 is 19.1 Å². The Balaban J connectivity index is 1.57. The summed E-state index contributed by atoms with van der Waals surface area (Å²) >= 11 is 1.35. The fourth-order valence-electron chi connectivity index (χ4n) is 2.99. The second kappa shape index (κ2) is 10.5. The maximum atomic E-state index is 12.6. The van der Waals surface area contributed by atoms with Crippen LogP contribution in [0.15, 0.2) is 66.7 Å². The molecular weight excluding hydrogens is 398 g/mol. The van der Waals surface area contributed by atoms with E-state index < -0.39 is 5.97 Å². The highest BCUT2D eigenvalue weighted by molar-refractivity contribution is 7.14. The summed E-state index contributed by atoms with van der Waals surface area (Å²) in [4.78, 5) is 37.5. The number of nitrogens with one attached hydrogen (secondary N) is 1. The summed E-state index contributed by atoms with van der Waals surface area (Å²) in [6.07, 6.45) is 1.27. The van der Waals surface area contributed by atoms with Gasteiger partial charge in [-0.05, 0) is 42.2 Å². The molecule has 1 heterocycles. The quantitative estimate of drug-likeness (QED) is 0.418. The third-order valence-corrected chi connectivity index (χ3v) is 5.68. The number of benzene rings is 2. The number of hydrogen-bond acceptors (Lipinski definition) is 5. The van der Waals surface area contributed by atoms with Crippen LogP contribution in [0.1, 0.15) is 43.0 Å². The molecule has 0 aliphatic carbocycles. The van der Waals surface area contributed by atoms with Crippen LogP contribution in [0.5, 0.6) is 0 Å². The highest BCUT2D eigenvalue weighted by Crippen LogP contribution is 2.19. The van der Waals surface area contributed by atoms with Gasteiger partial charge in [-0.25, -0.2) is 4.79 Å². The lowest BCUT2D eigenvalue weighted by Gasteiger charge is -2.09. The number of hydrogen-bond donors (Lipinski definition) is 1. The SMILES string of the molecule is CC(=O)NCCc1ccc(C(=O)COC(=O)c2ccccc2Cc2ccccc2)s1. The number of thiophene rings is 1. The van der Waals surface area contributed by atoms with Gasteiger partial charge in [-0.15, -0.1) is 11.3 Å². The molecule has 1 aromatic heterocycles. The highest BCUT2D eigenvalue weighted by Gasteiger charge is 2.16. The molecular formula is C24H23NO4S. The predicted octanol–water partition coefficient (Wildman–Crippen LogP) is 4.06. The lowest BCUT2D eigenvalue weighted by atomic mass is 10.00. The van der Waals surface area contributed by atoms with Crippen LogP contribution in [0.25, 0.3) is 0 Å². The molecule has 0 unspecified atom stereocenters. The number of ether oxygens (including phenoxy) is 1. The molecule has 0 atom stereocenters. The van der Waals surface area contributed by atoms with Gasteiger partial charge in [0.15, 0.2) is 6.61 Å². The average Bonchev–Trinajstić information content (AvgIpc) is 3.22. The summed E-state index contributed by atoms with van der Waals surface area (Å²) in [5, 5.41) is 2.73. The third kappa shape index (κ3) is 6.12. The minimum absolute atomic E-state index is 0.0812. The first-order valence-corrected chi connectivity index (χ1v) is 10.5. The number of amides is 1. The van der Waals surface area contributed by atoms with Crippen molar-refractivity contribution in [3.05, 3.63) is 93.2 Å². The maximum Gasteiger partial charge on any atom is 0.338 e. The molecule has 0 aliphatic rings. The van der Waals surface area contributed by atoms with E-state index in [-0.39, 0.29) is 18.3 Å². The van der Waals surface area contributed by atoms with E-state index in [1.165, 1.54) is 18.3 Å². The van der Waals surface area contributed by atoms with Gasteiger partial charge in [0.1, 0.15) is 0 Å². The second-order valence-electron chi connectivity index (χ2n) is 6.82. The van der Waals surface area contributed by atoms with Crippen molar-refractivity contribution in [2.24, 2.45) is 0 Å². The highest BCUT2D eigenvalue weighted by atomic mass is 32.1.